The van der Waals surface area contributed by atoms with E-state index >= 15 is 0 Å². The van der Waals surface area contributed by atoms with E-state index < -0.39 is 23.7 Å². The Morgan fingerprint density at radius 3 is 2.60 bits per heavy atom. The lowest BCUT2D eigenvalue weighted by molar-refractivity contribution is -0.139. The van der Waals surface area contributed by atoms with Crippen LogP contribution in [0.25, 0.3) is 0 Å². The summed E-state index contributed by atoms with van der Waals surface area (Å²) < 4.78 is 39.0. The third kappa shape index (κ3) is 3.07. The molecule has 0 bridgehead atoms. The number of hydrogen-bond donors (Lipinski definition) is 2. The van der Waals surface area contributed by atoms with Gasteiger partial charge in [-0.1, -0.05) is 0 Å². The average molecular weight is 288 g/mol. The van der Waals surface area contributed by atoms with E-state index in [4.69, 9.17) is 5.73 Å². The van der Waals surface area contributed by atoms with Gasteiger partial charge in [-0.2, -0.15) is 13.2 Å². The molecule has 20 heavy (non-hydrogen) atoms. The first-order chi connectivity index (χ1) is 9.41. The molecule has 0 radical (unpaired) electrons. The minimum absolute atomic E-state index is 0.325. The summed E-state index contributed by atoms with van der Waals surface area (Å²) in [6.45, 7) is 2.08. The van der Waals surface area contributed by atoms with Crippen LogP contribution in [0.2, 0.25) is 0 Å². The average Bonchev–Trinajstić information content (AvgIpc) is 2.39. The molecule has 1 saturated heterocycles. The number of carbonyl (C=O) groups excluding carboxylic acids is 1. The van der Waals surface area contributed by atoms with Gasteiger partial charge in [0.2, 0.25) is 5.91 Å². The number of rotatable bonds is 3. The second kappa shape index (κ2) is 5.76. The van der Waals surface area contributed by atoms with Crippen molar-refractivity contribution in [3.63, 3.8) is 0 Å². The van der Waals surface area contributed by atoms with E-state index in [1.54, 1.807) is 4.90 Å². The van der Waals surface area contributed by atoms with Gasteiger partial charge in [0.05, 0.1) is 11.3 Å². The van der Waals surface area contributed by atoms with Crippen molar-refractivity contribution < 1.29 is 18.0 Å². The molecule has 0 spiro atoms. The smallest absolute Gasteiger partial charge is 0.368 e. The van der Waals surface area contributed by atoms with Crippen molar-refractivity contribution in [2.45, 2.75) is 12.2 Å². The summed E-state index contributed by atoms with van der Waals surface area (Å²) in [5, 5.41) is 3.07. The van der Waals surface area contributed by atoms with Gasteiger partial charge in [-0.15, -0.1) is 0 Å². The number of piperazine rings is 1. The van der Waals surface area contributed by atoms with Gasteiger partial charge >= 0.3 is 6.18 Å². The van der Waals surface area contributed by atoms with Gasteiger partial charge in [-0.3, -0.25) is 14.7 Å². The zero-order chi connectivity index (χ0) is 14.8. The molecule has 1 aromatic heterocycles. The highest BCUT2D eigenvalue weighted by molar-refractivity contribution is 5.81. The molecule has 1 aliphatic rings. The van der Waals surface area contributed by atoms with Crippen LogP contribution in [0.3, 0.4) is 0 Å². The standard InChI is InChI=1S/C12H15F3N4O/c13-12(14,15)8-2-1-3-18-9(8)10(11(16)20)19-6-4-17-5-7-19/h1-3,10,17H,4-7H2,(H2,16,20). The predicted octanol–water partition coefficient (Wildman–Crippen LogP) is 0.532. The number of nitrogens with two attached hydrogens (primary N) is 1. The zero-order valence-electron chi connectivity index (χ0n) is 10.7. The maximum absolute atomic E-state index is 13.0. The Kier molecular flexibility index (Phi) is 4.24. The molecule has 1 aromatic rings. The highest BCUT2D eigenvalue weighted by Gasteiger charge is 2.39. The summed E-state index contributed by atoms with van der Waals surface area (Å²) >= 11 is 0. The predicted molar refractivity (Wildman–Crippen MR) is 65.6 cm³/mol. The zero-order valence-corrected chi connectivity index (χ0v) is 10.7. The second-order valence-electron chi connectivity index (χ2n) is 4.52. The minimum atomic E-state index is -4.56. The Labute approximate surface area is 114 Å². The Morgan fingerprint density at radius 1 is 1.40 bits per heavy atom. The minimum Gasteiger partial charge on any atom is -0.368 e. The van der Waals surface area contributed by atoms with Crippen LogP contribution in [-0.4, -0.2) is 42.0 Å². The van der Waals surface area contributed by atoms with Gasteiger partial charge in [-0.05, 0) is 12.1 Å². The summed E-state index contributed by atoms with van der Waals surface area (Å²) in [4.78, 5) is 17.0. The largest absolute Gasteiger partial charge is 0.418 e. The van der Waals surface area contributed by atoms with Crippen molar-refractivity contribution in [2.24, 2.45) is 5.73 Å². The van der Waals surface area contributed by atoms with Gasteiger partial charge in [0.25, 0.3) is 0 Å². The lowest BCUT2D eigenvalue weighted by atomic mass is 10.0. The normalized spacial score (nSPS) is 18.8. The first-order valence-electron chi connectivity index (χ1n) is 6.17. The molecule has 8 heteroatoms. The first kappa shape index (κ1) is 14.7. The Morgan fingerprint density at radius 2 is 2.05 bits per heavy atom. The fraction of sp³-hybridized carbons (Fsp3) is 0.500. The van der Waals surface area contributed by atoms with E-state index in [0.717, 1.165) is 6.07 Å². The third-order valence-electron chi connectivity index (χ3n) is 3.19. The van der Waals surface area contributed by atoms with E-state index in [1.165, 1.54) is 12.3 Å². The monoisotopic (exact) mass is 288 g/mol. The van der Waals surface area contributed by atoms with Crippen LogP contribution in [0.4, 0.5) is 13.2 Å². The summed E-state index contributed by atoms with van der Waals surface area (Å²) in [6, 6.07) is 0.956. The van der Waals surface area contributed by atoms with Gasteiger partial charge in [0.1, 0.15) is 6.04 Å². The summed E-state index contributed by atoms with van der Waals surface area (Å²) in [7, 11) is 0. The van der Waals surface area contributed by atoms with Crippen molar-refractivity contribution in [3.8, 4) is 0 Å². The Balaban J connectivity index is 2.42. The van der Waals surface area contributed by atoms with Gasteiger partial charge in [0, 0.05) is 32.4 Å². The molecule has 0 aromatic carbocycles. The van der Waals surface area contributed by atoms with Gasteiger partial charge in [-0.25, -0.2) is 0 Å². The molecule has 1 fully saturated rings. The van der Waals surface area contributed by atoms with Crippen molar-refractivity contribution in [3.05, 3.63) is 29.6 Å². The second-order valence-corrected chi connectivity index (χ2v) is 4.52. The fourth-order valence-corrected chi connectivity index (χ4v) is 2.30. The number of aromatic nitrogens is 1. The molecule has 2 rings (SSSR count). The van der Waals surface area contributed by atoms with Crippen molar-refractivity contribution in [2.75, 3.05) is 26.2 Å². The van der Waals surface area contributed by atoms with Crippen molar-refractivity contribution >= 4 is 5.91 Å². The van der Waals surface area contributed by atoms with Crippen LogP contribution in [0.5, 0.6) is 0 Å². The number of nitrogens with one attached hydrogen (secondary N) is 1. The highest BCUT2D eigenvalue weighted by atomic mass is 19.4. The number of amides is 1. The molecule has 0 saturated carbocycles. The summed E-state index contributed by atoms with van der Waals surface area (Å²) in [6.07, 6.45) is -3.33. The van der Waals surface area contributed by atoms with Crippen LogP contribution in [0.15, 0.2) is 18.3 Å². The number of primary amides is 1. The number of carbonyl (C=O) groups is 1. The van der Waals surface area contributed by atoms with E-state index in [1.807, 2.05) is 0 Å². The molecule has 1 aliphatic heterocycles. The number of hydrogen-bond acceptors (Lipinski definition) is 4. The third-order valence-corrected chi connectivity index (χ3v) is 3.19. The molecule has 5 nitrogen and oxygen atoms in total. The molecule has 110 valence electrons. The summed E-state index contributed by atoms with van der Waals surface area (Å²) in [5.74, 6) is -0.823. The number of alkyl halides is 3. The van der Waals surface area contributed by atoms with Crippen molar-refractivity contribution in [1.82, 2.24) is 15.2 Å². The molecule has 3 N–H and O–H groups in total. The number of pyridine rings is 1. The van der Waals surface area contributed by atoms with E-state index in [9.17, 15) is 18.0 Å². The maximum atomic E-state index is 13.0. The first-order valence-corrected chi connectivity index (χ1v) is 6.17. The van der Waals surface area contributed by atoms with Crippen LogP contribution < -0.4 is 11.1 Å². The molecule has 0 aliphatic carbocycles. The number of halogens is 3. The Hall–Kier alpha value is -1.67. The quantitative estimate of drug-likeness (QED) is 0.851. The van der Waals surface area contributed by atoms with Crippen LogP contribution >= 0.6 is 0 Å². The topological polar surface area (TPSA) is 71.2 Å². The molecule has 2 heterocycles. The highest BCUT2D eigenvalue weighted by Crippen LogP contribution is 2.35. The van der Waals surface area contributed by atoms with E-state index in [-0.39, 0.29) is 5.69 Å². The van der Waals surface area contributed by atoms with E-state index in [0.29, 0.717) is 26.2 Å². The maximum Gasteiger partial charge on any atom is 0.418 e. The molecular weight excluding hydrogens is 273 g/mol. The lowest BCUT2D eigenvalue weighted by Gasteiger charge is -2.33. The van der Waals surface area contributed by atoms with Crippen molar-refractivity contribution in [1.29, 1.82) is 0 Å². The van der Waals surface area contributed by atoms with Gasteiger partial charge in [0.15, 0.2) is 0 Å². The molecule has 1 amide bonds. The number of nitrogens with zero attached hydrogens (tertiary/aromatic N) is 2. The van der Waals surface area contributed by atoms with Crippen LogP contribution in [0.1, 0.15) is 17.3 Å². The summed E-state index contributed by atoms with van der Waals surface area (Å²) in [5.41, 5.74) is 4.06. The van der Waals surface area contributed by atoms with Crippen LogP contribution in [0, 0.1) is 0 Å². The SMILES string of the molecule is NC(=O)C(c1ncccc1C(F)(F)F)N1CCNCC1. The van der Waals surface area contributed by atoms with Crippen LogP contribution in [-0.2, 0) is 11.0 Å². The lowest BCUT2D eigenvalue weighted by Crippen LogP contribution is -2.49. The Bertz CT molecular complexity index is 486. The molecule has 1 unspecified atom stereocenters. The van der Waals surface area contributed by atoms with Gasteiger partial charge < -0.3 is 11.1 Å². The van der Waals surface area contributed by atoms with E-state index in [2.05, 4.69) is 10.3 Å². The molecular formula is C12H15F3N4O. The molecule has 1 atom stereocenters. The fourth-order valence-electron chi connectivity index (χ4n) is 2.30.